The third-order valence-corrected chi connectivity index (χ3v) is 3.23. The summed E-state index contributed by atoms with van der Waals surface area (Å²) in [6, 6.07) is -0.0266. The molecule has 0 spiro atoms. The number of aromatic nitrogens is 2. The van der Waals surface area contributed by atoms with Gasteiger partial charge < -0.3 is 10.1 Å². The fourth-order valence-corrected chi connectivity index (χ4v) is 2.16. The van der Waals surface area contributed by atoms with Gasteiger partial charge in [-0.2, -0.15) is 5.10 Å². The number of nitrogens with one attached hydrogen (secondary N) is 1. The maximum Gasteiger partial charge on any atom is 0.296 e. The number of aryl methyl sites for hydroxylation is 1. The SMILES string of the molecule is CC#CC(=O)N[C@H]1CCO[C@@H]1c1cnn(C)c1C. The fourth-order valence-electron chi connectivity index (χ4n) is 2.16. The van der Waals surface area contributed by atoms with Crippen molar-refractivity contribution >= 4 is 5.91 Å². The summed E-state index contributed by atoms with van der Waals surface area (Å²) in [5.41, 5.74) is 2.09. The highest BCUT2D eigenvalue weighted by Gasteiger charge is 2.32. The zero-order chi connectivity index (χ0) is 13.1. The second kappa shape index (κ2) is 5.23. The maximum atomic E-state index is 11.5. The average Bonchev–Trinajstić information content (AvgIpc) is 2.88. The van der Waals surface area contributed by atoms with Crippen molar-refractivity contribution in [2.75, 3.05) is 6.61 Å². The Morgan fingerprint density at radius 3 is 3.06 bits per heavy atom. The second-order valence-corrected chi connectivity index (χ2v) is 4.34. The van der Waals surface area contributed by atoms with E-state index in [-0.39, 0.29) is 18.1 Å². The third kappa shape index (κ3) is 2.39. The van der Waals surface area contributed by atoms with E-state index >= 15 is 0 Å². The van der Waals surface area contributed by atoms with Gasteiger partial charge in [0.25, 0.3) is 5.91 Å². The van der Waals surface area contributed by atoms with E-state index in [2.05, 4.69) is 22.3 Å². The van der Waals surface area contributed by atoms with Gasteiger partial charge in [0, 0.05) is 24.9 Å². The van der Waals surface area contributed by atoms with E-state index in [9.17, 15) is 4.79 Å². The Morgan fingerprint density at radius 1 is 1.67 bits per heavy atom. The second-order valence-electron chi connectivity index (χ2n) is 4.34. The number of carbonyl (C=O) groups is 1. The topological polar surface area (TPSA) is 56.1 Å². The molecule has 0 aromatic carbocycles. The Labute approximate surface area is 107 Å². The first-order chi connectivity index (χ1) is 8.63. The molecule has 0 radical (unpaired) electrons. The summed E-state index contributed by atoms with van der Waals surface area (Å²) in [6.07, 6.45) is 2.48. The molecular formula is C13H17N3O2. The molecule has 1 aliphatic rings. The summed E-state index contributed by atoms with van der Waals surface area (Å²) in [5, 5.41) is 7.10. The van der Waals surface area contributed by atoms with Crippen LogP contribution in [0.3, 0.4) is 0 Å². The Bertz CT molecular complexity index is 510. The van der Waals surface area contributed by atoms with Crippen molar-refractivity contribution in [3.05, 3.63) is 17.5 Å². The molecule has 1 aromatic rings. The van der Waals surface area contributed by atoms with Gasteiger partial charge >= 0.3 is 0 Å². The van der Waals surface area contributed by atoms with Crippen LogP contribution in [-0.2, 0) is 16.6 Å². The van der Waals surface area contributed by atoms with Crippen LogP contribution in [0.15, 0.2) is 6.20 Å². The van der Waals surface area contributed by atoms with Crippen LogP contribution in [0, 0.1) is 18.8 Å². The van der Waals surface area contributed by atoms with Crippen LogP contribution in [0.5, 0.6) is 0 Å². The van der Waals surface area contributed by atoms with E-state index in [1.807, 2.05) is 18.7 Å². The van der Waals surface area contributed by atoms with E-state index in [0.29, 0.717) is 6.61 Å². The molecular weight excluding hydrogens is 230 g/mol. The van der Waals surface area contributed by atoms with Crippen molar-refractivity contribution in [3.63, 3.8) is 0 Å². The van der Waals surface area contributed by atoms with E-state index in [1.54, 1.807) is 13.1 Å². The molecule has 1 aromatic heterocycles. The molecule has 0 saturated carbocycles. The zero-order valence-electron chi connectivity index (χ0n) is 10.9. The molecule has 1 amide bonds. The molecule has 0 aliphatic carbocycles. The first kappa shape index (κ1) is 12.7. The lowest BCUT2D eigenvalue weighted by molar-refractivity contribution is -0.116. The largest absolute Gasteiger partial charge is 0.371 e. The van der Waals surface area contributed by atoms with E-state index in [4.69, 9.17) is 4.74 Å². The van der Waals surface area contributed by atoms with Crippen molar-refractivity contribution in [3.8, 4) is 11.8 Å². The van der Waals surface area contributed by atoms with Crippen LogP contribution in [0.2, 0.25) is 0 Å². The monoisotopic (exact) mass is 247 g/mol. The molecule has 1 aliphatic heterocycles. The smallest absolute Gasteiger partial charge is 0.296 e. The predicted molar refractivity (Wildman–Crippen MR) is 66.6 cm³/mol. The van der Waals surface area contributed by atoms with Crippen LogP contribution in [0.4, 0.5) is 0 Å². The van der Waals surface area contributed by atoms with E-state index in [0.717, 1.165) is 17.7 Å². The molecule has 1 fully saturated rings. The number of hydrogen-bond acceptors (Lipinski definition) is 3. The Morgan fingerprint density at radius 2 is 2.44 bits per heavy atom. The van der Waals surface area contributed by atoms with Gasteiger partial charge in [0.2, 0.25) is 0 Å². The van der Waals surface area contributed by atoms with Crippen molar-refractivity contribution < 1.29 is 9.53 Å². The molecule has 5 nitrogen and oxygen atoms in total. The van der Waals surface area contributed by atoms with Gasteiger partial charge in [0.1, 0.15) is 6.10 Å². The van der Waals surface area contributed by atoms with Crippen molar-refractivity contribution in [2.45, 2.75) is 32.4 Å². The zero-order valence-corrected chi connectivity index (χ0v) is 10.9. The van der Waals surface area contributed by atoms with Gasteiger partial charge in [0.15, 0.2) is 0 Å². The van der Waals surface area contributed by atoms with Gasteiger partial charge in [-0.3, -0.25) is 9.48 Å². The van der Waals surface area contributed by atoms with Gasteiger partial charge in [-0.1, -0.05) is 5.92 Å². The van der Waals surface area contributed by atoms with Gasteiger partial charge in [-0.15, -0.1) is 0 Å². The predicted octanol–water partition coefficient (Wildman–Crippen LogP) is 0.698. The lowest BCUT2D eigenvalue weighted by atomic mass is 10.0. The van der Waals surface area contributed by atoms with Crippen molar-refractivity contribution in [1.82, 2.24) is 15.1 Å². The highest BCUT2D eigenvalue weighted by atomic mass is 16.5. The molecule has 1 N–H and O–H groups in total. The summed E-state index contributed by atoms with van der Waals surface area (Å²) in [5.74, 6) is 4.83. The standard InChI is InChI=1S/C13H17N3O2/c1-4-5-12(17)15-11-6-7-18-13(11)10-8-14-16(3)9(10)2/h8,11,13H,6-7H2,1-3H3,(H,15,17)/t11-,13+/m0/s1. The summed E-state index contributed by atoms with van der Waals surface area (Å²) < 4.78 is 7.52. The number of nitrogens with zero attached hydrogens (tertiary/aromatic N) is 2. The first-order valence-electron chi connectivity index (χ1n) is 5.97. The van der Waals surface area contributed by atoms with Crippen molar-refractivity contribution in [1.29, 1.82) is 0 Å². The molecule has 0 unspecified atom stereocenters. The molecule has 18 heavy (non-hydrogen) atoms. The van der Waals surface area contributed by atoms with Gasteiger partial charge in [-0.05, 0) is 26.2 Å². The molecule has 0 bridgehead atoms. The molecule has 2 rings (SSSR count). The minimum Gasteiger partial charge on any atom is -0.371 e. The number of hydrogen-bond donors (Lipinski definition) is 1. The van der Waals surface area contributed by atoms with Crippen molar-refractivity contribution in [2.24, 2.45) is 7.05 Å². The van der Waals surface area contributed by atoms with Crippen LogP contribution in [-0.4, -0.2) is 28.3 Å². The summed E-state index contributed by atoms with van der Waals surface area (Å²) in [7, 11) is 1.89. The molecule has 5 heteroatoms. The van der Waals surface area contributed by atoms with E-state index in [1.165, 1.54) is 0 Å². The average molecular weight is 247 g/mol. The first-order valence-corrected chi connectivity index (χ1v) is 5.97. The summed E-state index contributed by atoms with van der Waals surface area (Å²) in [4.78, 5) is 11.5. The summed E-state index contributed by atoms with van der Waals surface area (Å²) in [6.45, 7) is 4.28. The minimum atomic E-state index is -0.250. The number of rotatable bonds is 2. The summed E-state index contributed by atoms with van der Waals surface area (Å²) >= 11 is 0. The molecule has 2 heterocycles. The van der Waals surface area contributed by atoms with E-state index < -0.39 is 0 Å². The number of carbonyl (C=O) groups excluding carboxylic acids is 1. The highest BCUT2D eigenvalue weighted by Crippen LogP contribution is 2.30. The third-order valence-electron chi connectivity index (χ3n) is 3.23. The molecule has 1 saturated heterocycles. The quantitative estimate of drug-likeness (QED) is 0.783. The molecule has 2 atom stereocenters. The normalized spacial score (nSPS) is 22.4. The highest BCUT2D eigenvalue weighted by molar-refractivity contribution is 5.93. The molecule has 96 valence electrons. The van der Waals surface area contributed by atoms with Crippen LogP contribution >= 0.6 is 0 Å². The fraction of sp³-hybridized carbons (Fsp3) is 0.538. The number of ether oxygens (including phenoxy) is 1. The lowest BCUT2D eigenvalue weighted by Gasteiger charge is -2.18. The Kier molecular flexibility index (Phi) is 3.68. The van der Waals surface area contributed by atoms with Gasteiger partial charge in [-0.25, -0.2) is 0 Å². The Hall–Kier alpha value is -1.80. The number of amides is 1. The van der Waals surface area contributed by atoms with Crippen LogP contribution in [0.1, 0.15) is 30.7 Å². The maximum absolute atomic E-state index is 11.5. The lowest BCUT2D eigenvalue weighted by Crippen LogP contribution is -2.36. The van der Waals surface area contributed by atoms with Crippen LogP contribution in [0.25, 0.3) is 0 Å². The Balaban J connectivity index is 2.14. The van der Waals surface area contributed by atoms with Gasteiger partial charge in [0.05, 0.1) is 12.2 Å². The minimum absolute atomic E-state index is 0.0266. The van der Waals surface area contributed by atoms with Crippen LogP contribution < -0.4 is 5.32 Å².